The highest BCUT2D eigenvalue weighted by molar-refractivity contribution is 5.19. The Labute approximate surface area is 102 Å². The predicted octanol–water partition coefficient (Wildman–Crippen LogP) is 3.44. The van der Waals surface area contributed by atoms with Gasteiger partial charge in [-0.05, 0) is 36.7 Å². The van der Waals surface area contributed by atoms with Crippen LogP contribution in [0.2, 0.25) is 0 Å². The van der Waals surface area contributed by atoms with Crippen molar-refractivity contribution < 1.29 is 22.0 Å². The first-order valence-electron chi connectivity index (χ1n) is 5.56. The van der Waals surface area contributed by atoms with E-state index in [1.807, 2.05) is 0 Å². The van der Waals surface area contributed by atoms with E-state index >= 15 is 0 Å². The molecular weight excluding hydrogens is 253 g/mol. The van der Waals surface area contributed by atoms with Gasteiger partial charge in [-0.1, -0.05) is 6.92 Å². The first-order chi connectivity index (χ1) is 8.31. The molecule has 102 valence electrons. The number of nitrogens with one attached hydrogen (secondary N) is 1. The minimum atomic E-state index is -4.34. The summed E-state index contributed by atoms with van der Waals surface area (Å²) in [6.45, 7) is 1.99. The fourth-order valence-corrected chi connectivity index (χ4v) is 1.75. The summed E-state index contributed by atoms with van der Waals surface area (Å²) >= 11 is 0. The molecule has 1 atom stereocenters. The summed E-state index contributed by atoms with van der Waals surface area (Å²) in [5.41, 5.74) is -0.0507. The molecule has 0 spiro atoms. The van der Waals surface area contributed by atoms with Crippen LogP contribution in [-0.4, -0.2) is 18.8 Å². The zero-order valence-corrected chi connectivity index (χ0v) is 9.82. The Morgan fingerprint density at radius 1 is 1.22 bits per heavy atom. The second-order valence-corrected chi connectivity index (χ2v) is 4.01. The molecule has 0 radical (unpaired) electrons. The van der Waals surface area contributed by atoms with Crippen molar-refractivity contribution in [1.29, 1.82) is 0 Å². The van der Waals surface area contributed by atoms with Gasteiger partial charge in [0.1, 0.15) is 11.6 Å². The molecule has 6 heteroatoms. The molecule has 1 unspecified atom stereocenters. The fraction of sp³-hybridized carbons (Fsp3) is 0.500. The molecule has 0 aromatic heterocycles. The SMILES string of the molecule is CCNC(Cc1cc(F)ccc1F)CC(F)(F)F. The Bertz CT molecular complexity index is 389. The Morgan fingerprint density at radius 2 is 1.89 bits per heavy atom. The lowest BCUT2D eigenvalue weighted by atomic mass is 10.0. The lowest BCUT2D eigenvalue weighted by molar-refractivity contribution is -0.139. The van der Waals surface area contributed by atoms with Crippen LogP contribution in [0.4, 0.5) is 22.0 Å². The highest BCUT2D eigenvalue weighted by Crippen LogP contribution is 2.24. The second-order valence-electron chi connectivity index (χ2n) is 4.01. The third-order valence-corrected chi connectivity index (χ3v) is 2.44. The van der Waals surface area contributed by atoms with Crippen molar-refractivity contribution in [2.45, 2.75) is 32.0 Å². The number of likely N-dealkylation sites (N-methyl/N-ethyl adjacent to an activating group) is 1. The van der Waals surface area contributed by atoms with Gasteiger partial charge in [0.2, 0.25) is 0 Å². The van der Waals surface area contributed by atoms with Gasteiger partial charge in [0.15, 0.2) is 0 Å². The average molecular weight is 267 g/mol. The maximum Gasteiger partial charge on any atom is 0.390 e. The van der Waals surface area contributed by atoms with Gasteiger partial charge in [0.25, 0.3) is 0 Å². The molecule has 0 heterocycles. The van der Waals surface area contributed by atoms with E-state index in [1.165, 1.54) is 0 Å². The quantitative estimate of drug-likeness (QED) is 0.806. The van der Waals surface area contributed by atoms with Crippen LogP contribution >= 0.6 is 0 Å². The number of hydrogen-bond donors (Lipinski definition) is 1. The minimum absolute atomic E-state index is 0.0507. The summed E-state index contributed by atoms with van der Waals surface area (Å²) in [6, 6.07) is 1.83. The lowest BCUT2D eigenvalue weighted by Crippen LogP contribution is -2.35. The van der Waals surface area contributed by atoms with Gasteiger partial charge in [-0.25, -0.2) is 8.78 Å². The zero-order chi connectivity index (χ0) is 13.8. The van der Waals surface area contributed by atoms with Crippen molar-refractivity contribution in [3.8, 4) is 0 Å². The van der Waals surface area contributed by atoms with Gasteiger partial charge in [-0.2, -0.15) is 13.2 Å². The Hall–Kier alpha value is -1.17. The topological polar surface area (TPSA) is 12.0 Å². The van der Waals surface area contributed by atoms with Crippen molar-refractivity contribution in [2.75, 3.05) is 6.54 Å². The van der Waals surface area contributed by atoms with Gasteiger partial charge >= 0.3 is 6.18 Å². The van der Waals surface area contributed by atoms with E-state index in [0.29, 0.717) is 6.54 Å². The standard InChI is InChI=1S/C12H14F5N/c1-2-18-10(7-12(15,16)17)6-8-5-9(13)3-4-11(8)14/h3-5,10,18H,2,6-7H2,1H3. The Balaban J connectivity index is 2.79. The molecule has 1 rings (SSSR count). The van der Waals surface area contributed by atoms with E-state index in [-0.39, 0.29) is 12.0 Å². The molecule has 0 aliphatic heterocycles. The van der Waals surface area contributed by atoms with Crippen LogP contribution in [0.5, 0.6) is 0 Å². The van der Waals surface area contributed by atoms with Gasteiger partial charge < -0.3 is 5.32 Å². The monoisotopic (exact) mass is 267 g/mol. The van der Waals surface area contributed by atoms with Crippen molar-refractivity contribution >= 4 is 0 Å². The van der Waals surface area contributed by atoms with Gasteiger partial charge in [0.05, 0.1) is 6.42 Å². The van der Waals surface area contributed by atoms with Crippen LogP contribution in [0.25, 0.3) is 0 Å². The number of rotatable bonds is 5. The van der Waals surface area contributed by atoms with Crippen LogP contribution in [-0.2, 0) is 6.42 Å². The molecule has 0 bridgehead atoms. The van der Waals surface area contributed by atoms with E-state index in [2.05, 4.69) is 5.32 Å². The van der Waals surface area contributed by atoms with Crippen LogP contribution in [0.3, 0.4) is 0 Å². The third kappa shape index (κ3) is 5.00. The summed E-state index contributed by atoms with van der Waals surface area (Å²) in [5.74, 6) is -1.35. The summed E-state index contributed by atoms with van der Waals surface area (Å²) < 4.78 is 63.2. The van der Waals surface area contributed by atoms with Crippen LogP contribution in [0.1, 0.15) is 18.9 Å². The normalized spacial score (nSPS) is 13.7. The maximum absolute atomic E-state index is 13.3. The van der Waals surface area contributed by atoms with Gasteiger partial charge in [0, 0.05) is 6.04 Å². The molecule has 0 amide bonds. The molecule has 1 N–H and O–H groups in total. The van der Waals surface area contributed by atoms with Crippen LogP contribution < -0.4 is 5.32 Å². The Morgan fingerprint density at radius 3 is 2.44 bits per heavy atom. The molecule has 0 aliphatic carbocycles. The molecule has 0 saturated heterocycles. The first-order valence-corrected chi connectivity index (χ1v) is 5.56. The first kappa shape index (κ1) is 14.9. The van der Waals surface area contributed by atoms with Crippen molar-refractivity contribution in [3.63, 3.8) is 0 Å². The average Bonchev–Trinajstić information content (AvgIpc) is 2.21. The highest BCUT2D eigenvalue weighted by atomic mass is 19.4. The molecule has 1 aromatic rings. The smallest absolute Gasteiger partial charge is 0.314 e. The van der Waals surface area contributed by atoms with Crippen molar-refractivity contribution in [3.05, 3.63) is 35.4 Å². The predicted molar refractivity (Wildman–Crippen MR) is 58.2 cm³/mol. The van der Waals surface area contributed by atoms with E-state index < -0.39 is 30.3 Å². The number of halogens is 5. The molecule has 0 aliphatic rings. The summed E-state index contributed by atoms with van der Waals surface area (Å²) in [4.78, 5) is 0. The number of hydrogen-bond acceptors (Lipinski definition) is 1. The van der Waals surface area contributed by atoms with Crippen LogP contribution in [0, 0.1) is 11.6 Å². The molecule has 0 fully saturated rings. The maximum atomic E-state index is 13.3. The lowest BCUT2D eigenvalue weighted by Gasteiger charge is -2.19. The third-order valence-electron chi connectivity index (χ3n) is 2.44. The number of alkyl halides is 3. The van der Waals surface area contributed by atoms with E-state index in [1.54, 1.807) is 6.92 Å². The van der Waals surface area contributed by atoms with Crippen molar-refractivity contribution in [1.82, 2.24) is 5.32 Å². The molecular formula is C12H14F5N. The highest BCUT2D eigenvalue weighted by Gasteiger charge is 2.31. The molecule has 1 aromatic carbocycles. The fourth-order valence-electron chi connectivity index (χ4n) is 1.75. The molecule has 1 nitrogen and oxygen atoms in total. The van der Waals surface area contributed by atoms with Gasteiger partial charge in [-0.15, -0.1) is 0 Å². The van der Waals surface area contributed by atoms with E-state index in [0.717, 1.165) is 18.2 Å². The minimum Gasteiger partial charge on any atom is -0.314 e. The zero-order valence-electron chi connectivity index (χ0n) is 9.82. The summed E-state index contributed by atoms with van der Waals surface area (Å²) in [6.07, 6.45) is -5.61. The van der Waals surface area contributed by atoms with E-state index in [9.17, 15) is 22.0 Å². The summed E-state index contributed by atoms with van der Waals surface area (Å²) in [5, 5.41) is 2.63. The summed E-state index contributed by atoms with van der Waals surface area (Å²) in [7, 11) is 0. The van der Waals surface area contributed by atoms with Gasteiger partial charge in [-0.3, -0.25) is 0 Å². The Kier molecular flexibility index (Phi) is 5.07. The van der Waals surface area contributed by atoms with Crippen LogP contribution in [0.15, 0.2) is 18.2 Å². The largest absolute Gasteiger partial charge is 0.390 e. The molecule has 18 heavy (non-hydrogen) atoms. The number of benzene rings is 1. The van der Waals surface area contributed by atoms with Crippen molar-refractivity contribution in [2.24, 2.45) is 0 Å². The van der Waals surface area contributed by atoms with E-state index in [4.69, 9.17) is 0 Å². The molecule has 0 saturated carbocycles. The second kappa shape index (κ2) is 6.13.